The number of ether oxygens (including phenoxy) is 1. The van der Waals surface area contributed by atoms with Crippen LogP contribution in [0.25, 0.3) is 11.2 Å². The molecule has 0 bridgehead atoms. The van der Waals surface area contributed by atoms with Crippen LogP contribution in [-0.4, -0.2) is 73.4 Å². The van der Waals surface area contributed by atoms with E-state index in [1.165, 1.54) is 0 Å². The molecule has 1 aliphatic rings. The van der Waals surface area contributed by atoms with Gasteiger partial charge >= 0.3 is 12.1 Å². The van der Waals surface area contributed by atoms with E-state index in [2.05, 4.69) is 15.0 Å². The molecular formula is C17H25N7O4. The van der Waals surface area contributed by atoms with Crippen molar-refractivity contribution >= 4 is 35.0 Å². The number of nitrogen functional groups attached to an aromatic ring is 1. The number of amides is 1. The third kappa shape index (κ3) is 4.41. The Labute approximate surface area is 162 Å². The summed E-state index contributed by atoms with van der Waals surface area (Å²) in [6, 6.07) is 0. The summed E-state index contributed by atoms with van der Waals surface area (Å²) in [5.74, 6) is -0.225. The van der Waals surface area contributed by atoms with Gasteiger partial charge in [-0.05, 0) is 20.8 Å². The second-order valence-corrected chi connectivity index (χ2v) is 7.61. The molecule has 0 unspecified atom stereocenters. The first kappa shape index (κ1) is 19.6. The number of nitrogens with zero attached hydrogens (tertiary/aromatic N) is 6. The molecule has 1 saturated heterocycles. The second kappa shape index (κ2) is 7.49. The number of rotatable bonds is 4. The summed E-state index contributed by atoms with van der Waals surface area (Å²) in [6.45, 7) is 7.82. The number of carboxylic acids is 1. The number of imidazole rings is 1. The standard InChI is InChI=1S/C17H25N7O4/c1-17(2,3)28-16(27)23-8-6-22(7-9-23)13-12-14(21-15(18)20-13)24(10-19-12)5-4-11(25)26/h10H,4-9H2,1-3H3,(H,25,26)(H2,18,20,21). The molecule has 0 radical (unpaired) electrons. The lowest BCUT2D eigenvalue weighted by Gasteiger charge is -2.36. The van der Waals surface area contributed by atoms with Gasteiger partial charge in [0.1, 0.15) is 5.60 Å². The molecule has 11 nitrogen and oxygen atoms in total. The molecule has 0 aromatic carbocycles. The Hall–Kier alpha value is -3.11. The number of hydrogen-bond donors (Lipinski definition) is 2. The minimum Gasteiger partial charge on any atom is -0.481 e. The van der Waals surface area contributed by atoms with E-state index in [0.29, 0.717) is 43.2 Å². The van der Waals surface area contributed by atoms with E-state index >= 15 is 0 Å². The van der Waals surface area contributed by atoms with Crippen LogP contribution in [0.15, 0.2) is 6.33 Å². The van der Waals surface area contributed by atoms with Gasteiger partial charge in [0, 0.05) is 32.7 Å². The van der Waals surface area contributed by atoms with E-state index in [-0.39, 0.29) is 25.0 Å². The number of aryl methyl sites for hydroxylation is 1. The second-order valence-electron chi connectivity index (χ2n) is 7.61. The summed E-state index contributed by atoms with van der Waals surface area (Å²) >= 11 is 0. The van der Waals surface area contributed by atoms with Crippen molar-refractivity contribution < 1.29 is 19.4 Å². The Kier molecular flexibility index (Phi) is 5.25. The highest BCUT2D eigenvalue weighted by atomic mass is 16.6. The lowest BCUT2D eigenvalue weighted by atomic mass is 10.2. The van der Waals surface area contributed by atoms with Gasteiger partial charge in [-0.1, -0.05) is 0 Å². The average Bonchev–Trinajstić information content (AvgIpc) is 3.00. The zero-order valence-electron chi connectivity index (χ0n) is 16.3. The molecule has 0 atom stereocenters. The van der Waals surface area contributed by atoms with Gasteiger partial charge in [-0.3, -0.25) is 4.79 Å². The van der Waals surface area contributed by atoms with Crippen molar-refractivity contribution in [2.24, 2.45) is 0 Å². The number of nitrogens with two attached hydrogens (primary N) is 1. The molecule has 1 aliphatic heterocycles. The summed E-state index contributed by atoms with van der Waals surface area (Å²) in [5.41, 5.74) is 6.39. The molecule has 0 saturated carbocycles. The summed E-state index contributed by atoms with van der Waals surface area (Å²) in [7, 11) is 0. The summed E-state index contributed by atoms with van der Waals surface area (Å²) in [5, 5.41) is 8.90. The molecule has 1 fully saturated rings. The lowest BCUT2D eigenvalue weighted by Crippen LogP contribution is -2.50. The molecular weight excluding hydrogens is 366 g/mol. The normalized spacial score (nSPS) is 15.1. The van der Waals surface area contributed by atoms with Gasteiger partial charge in [-0.2, -0.15) is 9.97 Å². The van der Waals surface area contributed by atoms with Gasteiger partial charge in [-0.15, -0.1) is 0 Å². The number of aromatic nitrogens is 4. The molecule has 28 heavy (non-hydrogen) atoms. The maximum Gasteiger partial charge on any atom is 0.410 e. The fourth-order valence-corrected chi connectivity index (χ4v) is 2.97. The molecule has 0 aliphatic carbocycles. The fourth-order valence-electron chi connectivity index (χ4n) is 2.97. The Morgan fingerprint density at radius 1 is 1.21 bits per heavy atom. The third-order valence-electron chi connectivity index (χ3n) is 4.26. The lowest BCUT2D eigenvalue weighted by molar-refractivity contribution is -0.137. The first-order chi connectivity index (χ1) is 13.1. The molecule has 3 heterocycles. The predicted octanol–water partition coefficient (Wildman–Crippen LogP) is 0.940. The highest BCUT2D eigenvalue weighted by molar-refractivity contribution is 5.85. The Morgan fingerprint density at radius 3 is 2.50 bits per heavy atom. The SMILES string of the molecule is CC(C)(C)OC(=O)N1CCN(c2nc(N)nc3c2ncn3CCC(=O)O)CC1. The van der Waals surface area contributed by atoms with Crippen molar-refractivity contribution in [3.05, 3.63) is 6.33 Å². The number of carbonyl (C=O) groups excluding carboxylic acids is 1. The molecule has 1 amide bonds. The van der Waals surface area contributed by atoms with E-state index in [1.54, 1.807) is 15.8 Å². The monoisotopic (exact) mass is 391 g/mol. The van der Waals surface area contributed by atoms with Crippen molar-refractivity contribution in [2.45, 2.75) is 39.3 Å². The van der Waals surface area contributed by atoms with Crippen molar-refractivity contribution in [1.29, 1.82) is 0 Å². The van der Waals surface area contributed by atoms with Crippen LogP contribution in [0.4, 0.5) is 16.6 Å². The van der Waals surface area contributed by atoms with Gasteiger partial charge in [0.2, 0.25) is 5.95 Å². The van der Waals surface area contributed by atoms with E-state index in [1.807, 2.05) is 25.7 Å². The molecule has 2 aromatic rings. The number of carbonyl (C=O) groups is 2. The molecule has 3 N–H and O–H groups in total. The van der Waals surface area contributed by atoms with Crippen molar-refractivity contribution in [1.82, 2.24) is 24.4 Å². The van der Waals surface area contributed by atoms with Crippen LogP contribution in [0.3, 0.4) is 0 Å². The van der Waals surface area contributed by atoms with Crippen LogP contribution < -0.4 is 10.6 Å². The van der Waals surface area contributed by atoms with E-state index < -0.39 is 11.6 Å². The zero-order chi connectivity index (χ0) is 20.5. The summed E-state index contributed by atoms with van der Waals surface area (Å²) in [4.78, 5) is 39.6. The minimum absolute atomic E-state index is 0.0424. The van der Waals surface area contributed by atoms with E-state index in [9.17, 15) is 9.59 Å². The average molecular weight is 391 g/mol. The predicted molar refractivity (Wildman–Crippen MR) is 102 cm³/mol. The van der Waals surface area contributed by atoms with E-state index in [0.717, 1.165) is 0 Å². The number of fused-ring (bicyclic) bond motifs is 1. The number of aliphatic carboxylic acids is 1. The Morgan fingerprint density at radius 2 is 1.89 bits per heavy atom. The van der Waals surface area contributed by atoms with Gasteiger partial charge in [0.05, 0.1) is 12.7 Å². The number of anilines is 2. The molecule has 0 spiro atoms. The maximum absolute atomic E-state index is 12.2. The summed E-state index contributed by atoms with van der Waals surface area (Å²) < 4.78 is 7.07. The number of carboxylic acid groups (broad SMARTS) is 1. The van der Waals surface area contributed by atoms with Crippen molar-refractivity contribution in [3.8, 4) is 0 Å². The van der Waals surface area contributed by atoms with Crippen LogP contribution in [0.1, 0.15) is 27.2 Å². The topological polar surface area (TPSA) is 140 Å². The van der Waals surface area contributed by atoms with Gasteiger partial charge in [0.25, 0.3) is 0 Å². The zero-order valence-corrected chi connectivity index (χ0v) is 16.3. The number of piperazine rings is 1. The van der Waals surface area contributed by atoms with Crippen LogP contribution in [0.2, 0.25) is 0 Å². The molecule has 2 aromatic heterocycles. The summed E-state index contributed by atoms with van der Waals surface area (Å²) in [6.07, 6.45) is 1.17. The fraction of sp³-hybridized carbons (Fsp3) is 0.588. The highest BCUT2D eigenvalue weighted by Crippen LogP contribution is 2.25. The smallest absolute Gasteiger partial charge is 0.410 e. The highest BCUT2D eigenvalue weighted by Gasteiger charge is 2.28. The van der Waals surface area contributed by atoms with Crippen molar-refractivity contribution in [2.75, 3.05) is 36.8 Å². The largest absolute Gasteiger partial charge is 0.481 e. The maximum atomic E-state index is 12.2. The first-order valence-electron chi connectivity index (χ1n) is 9.07. The molecule has 11 heteroatoms. The van der Waals surface area contributed by atoms with Gasteiger partial charge in [-0.25, -0.2) is 9.78 Å². The molecule has 3 rings (SSSR count). The van der Waals surface area contributed by atoms with E-state index in [4.69, 9.17) is 15.6 Å². The first-order valence-corrected chi connectivity index (χ1v) is 9.07. The van der Waals surface area contributed by atoms with Gasteiger partial charge < -0.3 is 29.9 Å². The Balaban J connectivity index is 1.76. The Bertz CT molecular complexity index is 881. The minimum atomic E-state index is -0.901. The van der Waals surface area contributed by atoms with Crippen molar-refractivity contribution in [3.63, 3.8) is 0 Å². The number of hydrogen-bond acceptors (Lipinski definition) is 8. The van der Waals surface area contributed by atoms with Crippen LogP contribution in [0, 0.1) is 0 Å². The molecule has 152 valence electrons. The van der Waals surface area contributed by atoms with Crippen LogP contribution >= 0.6 is 0 Å². The van der Waals surface area contributed by atoms with Gasteiger partial charge in [0.15, 0.2) is 17.0 Å². The van der Waals surface area contributed by atoms with Crippen LogP contribution in [0.5, 0.6) is 0 Å². The van der Waals surface area contributed by atoms with Crippen LogP contribution in [-0.2, 0) is 16.1 Å². The third-order valence-corrected chi connectivity index (χ3v) is 4.26. The quantitative estimate of drug-likeness (QED) is 0.779.